The molecule has 0 saturated heterocycles. The third-order valence-electron chi connectivity index (χ3n) is 1.23. The zero-order chi connectivity index (χ0) is 6.78. The normalized spacial score (nSPS) is 16.1. The molecule has 49 valence electrons. The molecule has 0 aromatic heterocycles. The van der Waals surface area contributed by atoms with Gasteiger partial charge in [-0.15, -0.1) is 0 Å². The lowest BCUT2D eigenvalue weighted by Gasteiger charge is -2.23. The first-order valence-electron chi connectivity index (χ1n) is 2.80. The third kappa shape index (κ3) is 2.28. The predicted molar refractivity (Wildman–Crippen MR) is 33.4 cm³/mol. The average molecular weight is 116 g/mol. The molecule has 0 heterocycles. The Balaban J connectivity index is 3.62. The van der Waals surface area contributed by atoms with Gasteiger partial charge in [0.1, 0.15) is 0 Å². The minimum absolute atomic E-state index is 0.0382. The topological polar surface area (TPSA) is 44.0 Å². The maximum absolute atomic E-state index is 8.48. The quantitative estimate of drug-likeness (QED) is 0.537. The molecule has 0 spiro atoms. The molecule has 0 rings (SSSR count). The maximum Gasteiger partial charge on any atom is 0.0603 e. The molecule has 2 nitrogen and oxygen atoms in total. The molecule has 0 aliphatic heterocycles. The molecule has 0 saturated carbocycles. The van der Waals surface area contributed by atoms with Crippen LogP contribution in [0.5, 0.6) is 0 Å². The lowest BCUT2D eigenvalue weighted by atomic mass is 9.88. The smallest absolute Gasteiger partial charge is 0.0603 e. The van der Waals surface area contributed by atoms with E-state index < -0.39 is 0 Å². The van der Waals surface area contributed by atoms with Crippen LogP contribution in [-0.2, 0) is 0 Å². The molecule has 0 unspecified atom stereocenters. The summed E-state index contributed by atoms with van der Waals surface area (Å²) in [6.07, 6.45) is 0. The van der Waals surface area contributed by atoms with Gasteiger partial charge < -0.3 is 5.11 Å². The van der Waals surface area contributed by atoms with Gasteiger partial charge in [-0.05, 0) is 5.41 Å². The van der Waals surface area contributed by atoms with E-state index in [1.54, 1.807) is 0 Å². The van der Waals surface area contributed by atoms with Crippen molar-refractivity contribution in [3.8, 4) is 0 Å². The molecule has 1 atom stereocenters. The molecule has 0 aliphatic carbocycles. The van der Waals surface area contributed by atoms with Crippen molar-refractivity contribution in [3.63, 3.8) is 0 Å². The maximum atomic E-state index is 8.48. The van der Waals surface area contributed by atoms with Gasteiger partial charge in [-0.3, -0.25) is 5.73 Å². The summed E-state index contributed by atoms with van der Waals surface area (Å²) in [6.45, 7) is 5.80. The van der Waals surface area contributed by atoms with E-state index in [0.717, 1.165) is 0 Å². The van der Waals surface area contributed by atoms with E-state index in [4.69, 9.17) is 10.8 Å². The van der Waals surface area contributed by atoms with E-state index in [9.17, 15) is 0 Å². The molecule has 2 N–H and O–H groups in total. The van der Waals surface area contributed by atoms with Crippen molar-refractivity contribution in [1.82, 2.24) is 5.73 Å². The summed E-state index contributed by atoms with van der Waals surface area (Å²) in [5.41, 5.74) is 7.15. The Kier molecular flexibility index (Phi) is 2.44. The van der Waals surface area contributed by atoms with Gasteiger partial charge in [0.05, 0.1) is 6.61 Å². The van der Waals surface area contributed by atoms with E-state index in [0.29, 0.717) is 0 Å². The van der Waals surface area contributed by atoms with Crippen LogP contribution in [-0.4, -0.2) is 17.8 Å². The van der Waals surface area contributed by atoms with Crippen LogP contribution >= 0.6 is 0 Å². The number of hydrogen-bond acceptors (Lipinski definition) is 1. The van der Waals surface area contributed by atoms with Crippen LogP contribution in [0.25, 0.3) is 0 Å². The van der Waals surface area contributed by atoms with Crippen molar-refractivity contribution in [1.29, 1.82) is 0 Å². The highest BCUT2D eigenvalue weighted by molar-refractivity contribution is 4.74. The Morgan fingerprint density at radius 3 is 1.88 bits per heavy atom. The molecule has 0 bridgehead atoms. The molecule has 1 radical (unpaired) electrons. The molecule has 8 heavy (non-hydrogen) atoms. The third-order valence-corrected chi connectivity index (χ3v) is 1.23. The number of hydrogen-bond donors (Lipinski definition) is 1. The van der Waals surface area contributed by atoms with Crippen molar-refractivity contribution in [3.05, 3.63) is 0 Å². The largest absolute Gasteiger partial charge is 0.395 e. The van der Waals surface area contributed by atoms with E-state index in [1.807, 2.05) is 20.8 Å². The highest BCUT2D eigenvalue weighted by atomic mass is 16.3. The average Bonchev–Trinajstić information content (AvgIpc) is 1.62. The minimum atomic E-state index is -0.345. The number of nitrogens with one attached hydrogen (secondary N) is 1. The molecule has 0 fully saturated rings. The van der Waals surface area contributed by atoms with E-state index >= 15 is 0 Å². The van der Waals surface area contributed by atoms with E-state index in [1.165, 1.54) is 0 Å². The van der Waals surface area contributed by atoms with Gasteiger partial charge in [0.2, 0.25) is 0 Å². The van der Waals surface area contributed by atoms with Gasteiger partial charge in [-0.2, -0.15) is 0 Å². The highest BCUT2D eigenvalue weighted by Crippen LogP contribution is 2.17. The molecule has 0 aliphatic rings. The van der Waals surface area contributed by atoms with Crippen LogP contribution in [0.15, 0.2) is 0 Å². The Morgan fingerprint density at radius 1 is 1.50 bits per heavy atom. The molecule has 2 heteroatoms. The highest BCUT2D eigenvalue weighted by Gasteiger charge is 2.19. The van der Waals surface area contributed by atoms with Crippen LogP contribution in [0.2, 0.25) is 0 Å². The predicted octanol–water partition coefficient (Wildman–Crippen LogP) is 0.676. The SMILES string of the molecule is CC(C)(C)[C@H]([NH])CO. The van der Waals surface area contributed by atoms with Gasteiger partial charge in [-0.25, -0.2) is 0 Å². The first-order valence-corrected chi connectivity index (χ1v) is 2.80. The first-order chi connectivity index (χ1) is 3.48. The zero-order valence-corrected chi connectivity index (χ0v) is 5.73. The van der Waals surface area contributed by atoms with Gasteiger partial charge in [0, 0.05) is 6.04 Å². The van der Waals surface area contributed by atoms with Gasteiger partial charge in [0.15, 0.2) is 0 Å². The fourth-order valence-corrected chi connectivity index (χ4v) is 0.274. The monoisotopic (exact) mass is 116 g/mol. The molecule has 0 aromatic carbocycles. The van der Waals surface area contributed by atoms with Crippen LogP contribution in [0, 0.1) is 5.41 Å². The molecule has 0 aromatic rings. The Morgan fingerprint density at radius 2 is 1.88 bits per heavy atom. The summed E-state index contributed by atoms with van der Waals surface area (Å²) in [5.74, 6) is 0. The van der Waals surface area contributed by atoms with Crippen molar-refractivity contribution < 1.29 is 5.11 Å². The summed E-state index contributed by atoms with van der Waals surface area (Å²) in [5, 5.41) is 8.48. The lowest BCUT2D eigenvalue weighted by Crippen LogP contribution is -2.30. The standard InChI is InChI=1S/C6H14NO/c1-6(2,3)5(7)4-8/h5,7-8H,4H2,1-3H3/t5-/m1/s1. The van der Waals surface area contributed by atoms with E-state index in [-0.39, 0.29) is 18.1 Å². The number of aliphatic hydroxyl groups excluding tert-OH is 1. The second kappa shape index (κ2) is 2.46. The minimum Gasteiger partial charge on any atom is -0.395 e. The first kappa shape index (κ1) is 7.92. The summed E-state index contributed by atoms with van der Waals surface area (Å²) in [4.78, 5) is 0. The molecular formula is C6H14NO. The van der Waals surface area contributed by atoms with Crippen LogP contribution in [0.4, 0.5) is 0 Å². The van der Waals surface area contributed by atoms with E-state index in [2.05, 4.69) is 0 Å². The lowest BCUT2D eigenvalue weighted by molar-refractivity contribution is 0.184. The van der Waals surface area contributed by atoms with Gasteiger partial charge in [-0.1, -0.05) is 20.8 Å². The Hall–Kier alpha value is -0.0800. The fraction of sp³-hybridized carbons (Fsp3) is 1.00. The number of aliphatic hydroxyl groups is 1. The summed E-state index contributed by atoms with van der Waals surface area (Å²) in [7, 11) is 0. The summed E-state index contributed by atoms with van der Waals surface area (Å²) in [6, 6.07) is -0.345. The van der Waals surface area contributed by atoms with Crippen LogP contribution in [0.1, 0.15) is 20.8 Å². The van der Waals surface area contributed by atoms with Crippen molar-refractivity contribution >= 4 is 0 Å². The second-order valence-electron chi connectivity index (χ2n) is 3.10. The van der Waals surface area contributed by atoms with Crippen LogP contribution in [0.3, 0.4) is 0 Å². The second-order valence-corrected chi connectivity index (χ2v) is 3.10. The molecule has 0 amide bonds. The summed E-state index contributed by atoms with van der Waals surface area (Å²) >= 11 is 0. The molecular weight excluding hydrogens is 102 g/mol. The zero-order valence-electron chi connectivity index (χ0n) is 5.73. The number of rotatable bonds is 1. The summed E-state index contributed by atoms with van der Waals surface area (Å²) < 4.78 is 0. The fourth-order valence-electron chi connectivity index (χ4n) is 0.274. The van der Waals surface area contributed by atoms with Crippen LogP contribution < -0.4 is 5.73 Å². The van der Waals surface area contributed by atoms with Crippen molar-refractivity contribution in [2.45, 2.75) is 26.8 Å². The van der Waals surface area contributed by atoms with Crippen molar-refractivity contribution in [2.75, 3.05) is 6.61 Å². The van der Waals surface area contributed by atoms with Gasteiger partial charge in [0.25, 0.3) is 0 Å². The Labute approximate surface area is 50.7 Å². The Bertz CT molecular complexity index is 65.4. The van der Waals surface area contributed by atoms with Gasteiger partial charge >= 0.3 is 0 Å². The van der Waals surface area contributed by atoms with Crippen molar-refractivity contribution in [2.24, 2.45) is 5.41 Å².